The highest BCUT2D eigenvalue weighted by atomic mass is 19.2. The summed E-state index contributed by atoms with van der Waals surface area (Å²) in [6, 6.07) is 3.96. The van der Waals surface area contributed by atoms with Crippen molar-refractivity contribution in [3.05, 3.63) is 35.4 Å². The van der Waals surface area contributed by atoms with Gasteiger partial charge in [-0.25, -0.2) is 8.78 Å². The lowest BCUT2D eigenvalue weighted by Crippen LogP contribution is -2.32. The van der Waals surface area contributed by atoms with E-state index in [4.69, 9.17) is 0 Å². The SMILES string of the molecule is O=C(CCCc1ccc(F)c(F)c1)N1CCCCCCCC1. The van der Waals surface area contributed by atoms with Gasteiger partial charge in [-0.05, 0) is 43.4 Å². The minimum absolute atomic E-state index is 0.199. The van der Waals surface area contributed by atoms with Gasteiger partial charge in [0.2, 0.25) is 5.91 Å². The molecule has 1 aliphatic rings. The predicted molar refractivity (Wildman–Crippen MR) is 83.6 cm³/mol. The van der Waals surface area contributed by atoms with E-state index in [0.717, 1.165) is 37.6 Å². The molecular formula is C18H25F2NO. The third-order valence-electron chi connectivity index (χ3n) is 4.30. The van der Waals surface area contributed by atoms with E-state index in [1.165, 1.54) is 31.7 Å². The van der Waals surface area contributed by atoms with E-state index in [0.29, 0.717) is 19.3 Å². The molecule has 0 spiro atoms. The van der Waals surface area contributed by atoms with E-state index < -0.39 is 11.6 Å². The highest BCUT2D eigenvalue weighted by Crippen LogP contribution is 2.14. The Labute approximate surface area is 131 Å². The molecule has 1 fully saturated rings. The monoisotopic (exact) mass is 309 g/mol. The van der Waals surface area contributed by atoms with Crippen LogP contribution in [0.2, 0.25) is 0 Å². The van der Waals surface area contributed by atoms with Gasteiger partial charge in [0.05, 0.1) is 0 Å². The lowest BCUT2D eigenvalue weighted by Gasteiger charge is -2.22. The Morgan fingerprint density at radius 1 is 0.955 bits per heavy atom. The maximum Gasteiger partial charge on any atom is 0.222 e. The smallest absolute Gasteiger partial charge is 0.222 e. The molecule has 1 saturated heterocycles. The third-order valence-corrected chi connectivity index (χ3v) is 4.30. The van der Waals surface area contributed by atoms with E-state index in [9.17, 15) is 13.6 Å². The fourth-order valence-electron chi connectivity index (χ4n) is 2.97. The average molecular weight is 309 g/mol. The molecule has 0 N–H and O–H groups in total. The summed E-state index contributed by atoms with van der Waals surface area (Å²) in [7, 11) is 0. The van der Waals surface area contributed by atoms with E-state index in [-0.39, 0.29) is 5.91 Å². The number of hydrogen-bond donors (Lipinski definition) is 0. The summed E-state index contributed by atoms with van der Waals surface area (Å²) >= 11 is 0. The highest BCUT2D eigenvalue weighted by molar-refractivity contribution is 5.76. The minimum Gasteiger partial charge on any atom is -0.343 e. The van der Waals surface area contributed by atoms with Crippen LogP contribution in [-0.2, 0) is 11.2 Å². The molecule has 1 amide bonds. The van der Waals surface area contributed by atoms with Gasteiger partial charge in [0.1, 0.15) is 0 Å². The van der Waals surface area contributed by atoms with Crippen LogP contribution < -0.4 is 0 Å². The van der Waals surface area contributed by atoms with Crippen LogP contribution in [0.1, 0.15) is 56.9 Å². The van der Waals surface area contributed by atoms with Crippen molar-refractivity contribution >= 4 is 5.91 Å². The molecule has 0 aromatic heterocycles. The van der Waals surface area contributed by atoms with Crippen LogP contribution in [0.25, 0.3) is 0 Å². The first kappa shape index (κ1) is 16.9. The highest BCUT2D eigenvalue weighted by Gasteiger charge is 2.14. The topological polar surface area (TPSA) is 20.3 Å². The van der Waals surface area contributed by atoms with Crippen molar-refractivity contribution in [3.63, 3.8) is 0 Å². The quantitative estimate of drug-likeness (QED) is 0.803. The number of amides is 1. The molecule has 2 nitrogen and oxygen atoms in total. The van der Waals surface area contributed by atoms with Gasteiger partial charge in [0.25, 0.3) is 0 Å². The summed E-state index contributed by atoms with van der Waals surface area (Å²) in [6.45, 7) is 1.73. The summed E-state index contributed by atoms with van der Waals surface area (Å²) in [4.78, 5) is 14.3. The summed E-state index contributed by atoms with van der Waals surface area (Å²) in [5.41, 5.74) is 0.746. The van der Waals surface area contributed by atoms with Crippen LogP contribution in [-0.4, -0.2) is 23.9 Å². The Kier molecular flexibility index (Phi) is 6.81. The van der Waals surface area contributed by atoms with Crippen molar-refractivity contribution in [1.82, 2.24) is 4.90 Å². The van der Waals surface area contributed by atoms with Gasteiger partial charge in [-0.3, -0.25) is 4.79 Å². The molecule has 2 rings (SSSR count). The zero-order valence-electron chi connectivity index (χ0n) is 13.1. The Bertz CT molecular complexity index is 480. The van der Waals surface area contributed by atoms with Crippen molar-refractivity contribution in [2.45, 2.75) is 57.8 Å². The molecule has 22 heavy (non-hydrogen) atoms. The fourth-order valence-corrected chi connectivity index (χ4v) is 2.97. The molecule has 1 aliphatic heterocycles. The van der Waals surface area contributed by atoms with Gasteiger partial charge in [-0.15, -0.1) is 0 Å². The largest absolute Gasteiger partial charge is 0.343 e. The lowest BCUT2D eigenvalue weighted by atomic mass is 10.1. The lowest BCUT2D eigenvalue weighted by molar-refractivity contribution is -0.131. The number of rotatable bonds is 4. The van der Waals surface area contributed by atoms with E-state index in [2.05, 4.69) is 0 Å². The van der Waals surface area contributed by atoms with Gasteiger partial charge in [0.15, 0.2) is 11.6 Å². The number of hydrogen-bond acceptors (Lipinski definition) is 1. The minimum atomic E-state index is -0.823. The molecule has 0 bridgehead atoms. The number of aryl methyl sites for hydroxylation is 1. The molecule has 0 aliphatic carbocycles. The van der Waals surface area contributed by atoms with Crippen molar-refractivity contribution in [2.75, 3.05) is 13.1 Å². The van der Waals surface area contributed by atoms with Crippen LogP contribution in [0, 0.1) is 11.6 Å². The second kappa shape index (κ2) is 8.86. The van der Waals surface area contributed by atoms with Crippen molar-refractivity contribution < 1.29 is 13.6 Å². The first-order chi connectivity index (χ1) is 10.7. The zero-order valence-corrected chi connectivity index (χ0v) is 13.1. The Balaban J connectivity index is 1.77. The van der Waals surface area contributed by atoms with Crippen LogP contribution in [0.3, 0.4) is 0 Å². The molecule has 122 valence electrons. The molecule has 4 heteroatoms. The summed E-state index contributed by atoms with van der Waals surface area (Å²) in [5, 5.41) is 0. The van der Waals surface area contributed by atoms with Gasteiger partial charge in [-0.2, -0.15) is 0 Å². The van der Waals surface area contributed by atoms with Crippen LogP contribution in [0.4, 0.5) is 8.78 Å². The van der Waals surface area contributed by atoms with Gasteiger partial charge < -0.3 is 4.90 Å². The maximum absolute atomic E-state index is 13.1. The Morgan fingerprint density at radius 3 is 2.23 bits per heavy atom. The molecular weight excluding hydrogens is 284 g/mol. The maximum atomic E-state index is 13.1. The standard InChI is InChI=1S/C18H25F2NO/c19-16-11-10-15(14-17(16)20)8-7-9-18(22)21-12-5-3-1-2-4-6-13-21/h10-11,14H,1-9,12-13H2. The molecule has 0 radical (unpaired) electrons. The van der Waals surface area contributed by atoms with E-state index in [1.54, 1.807) is 6.07 Å². The number of benzene rings is 1. The first-order valence-corrected chi connectivity index (χ1v) is 8.38. The van der Waals surface area contributed by atoms with E-state index >= 15 is 0 Å². The first-order valence-electron chi connectivity index (χ1n) is 8.38. The molecule has 0 atom stereocenters. The zero-order chi connectivity index (χ0) is 15.8. The second-order valence-corrected chi connectivity index (χ2v) is 6.10. The normalized spacial score (nSPS) is 16.7. The average Bonchev–Trinajstić information content (AvgIpc) is 2.64. The van der Waals surface area contributed by atoms with E-state index in [1.807, 2.05) is 4.90 Å². The molecule has 1 heterocycles. The summed E-state index contributed by atoms with van der Waals surface area (Å²) < 4.78 is 26.0. The molecule has 1 aromatic carbocycles. The fraction of sp³-hybridized carbons (Fsp3) is 0.611. The predicted octanol–water partition coefficient (Wildman–Crippen LogP) is 4.47. The van der Waals surface area contributed by atoms with Crippen LogP contribution >= 0.6 is 0 Å². The van der Waals surface area contributed by atoms with Crippen LogP contribution in [0.5, 0.6) is 0 Å². The number of carbonyl (C=O) groups is 1. The van der Waals surface area contributed by atoms with Gasteiger partial charge in [-0.1, -0.05) is 31.7 Å². The van der Waals surface area contributed by atoms with Crippen molar-refractivity contribution in [1.29, 1.82) is 0 Å². The molecule has 0 saturated carbocycles. The Morgan fingerprint density at radius 2 is 1.59 bits per heavy atom. The number of carbonyl (C=O) groups excluding carboxylic acids is 1. The summed E-state index contributed by atoms with van der Waals surface area (Å²) in [6.07, 6.45) is 8.92. The van der Waals surface area contributed by atoms with Crippen molar-refractivity contribution in [3.8, 4) is 0 Å². The Hall–Kier alpha value is -1.45. The number of halogens is 2. The number of nitrogens with zero attached hydrogens (tertiary/aromatic N) is 1. The van der Waals surface area contributed by atoms with Gasteiger partial charge in [0, 0.05) is 19.5 Å². The molecule has 1 aromatic rings. The second-order valence-electron chi connectivity index (χ2n) is 6.10. The molecule has 0 unspecified atom stereocenters. The van der Waals surface area contributed by atoms with Crippen molar-refractivity contribution in [2.24, 2.45) is 0 Å². The summed E-state index contributed by atoms with van der Waals surface area (Å²) in [5.74, 6) is -1.44. The van der Waals surface area contributed by atoms with Gasteiger partial charge >= 0.3 is 0 Å². The third kappa shape index (κ3) is 5.39. The van der Waals surface area contributed by atoms with Crippen LogP contribution in [0.15, 0.2) is 18.2 Å².